The predicted octanol–water partition coefficient (Wildman–Crippen LogP) is 5.32. The number of hydrogen-bond donors (Lipinski definition) is 0. The molecule has 0 fully saturated rings. The van der Waals surface area contributed by atoms with E-state index in [9.17, 15) is 0 Å². The molecule has 0 aliphatic carbocycles. The highest BCUT2D eigenvalue weighted by Gasteiger charge is 2.14. The van der Waals surface area contributed by atoms with Crippen molar-refractivity contribution in [3.05, 3.63) is 60.8 Å². The predicted molar refractivity (Wildman–Crippen MR) is 105 cm³/mol. The second kappa shape index (κ2) is 6.89. The largest absolute Gasteiger partial charge is 0.310 e. The third kappa shape index (κ3) is 2.83. The van der Waals surface area contributed by atoms with Crippen LogP contribution in [0.1, 0.15) is 6.42 Å². The first kappa shape index (κ1) is 16.3. The average molecular weight is 435 g/mol. The van der Waals surface area contributed by atoms with Crippen LogP contribution in [-0.2, 0) is 6.54 Å². The van der Waals surface area contributed by atoms with Gasteiger partial charge in [0.05, 0.1) is 16.7 Å². The SMILES string of the molecule is Br.BrCCCn1c(-c2ccccc2)cn2c3ccccc3nc12. The van der Waals surface area contributed by atoms with Gasteiger partial charge < -0.3 is 4.57 Å². The van der Waals surface area contributed by atoms with Crippen molar-refractivity contribution in [3.63, 3.8) is 0 Å². The van der Waals surface area contributed by atoms with E-state index in [0.717, 1.165) is 35.1 Å². The van der Waals surface area contributed by atoms with E-state index >= 15 is 0 Å². The molecule has 0 saturated carbocycles. The van der Waals surface area contributed by atoms with E-state index in [1.807, 2.05) is 6.07 Å². The maximum atomic E-state index is 4.82. The van der Waals surface area contributed by atoms with Gasteiger partial charge in [0.2, 0.25) is 5.78 Å². The van der Waals surface area contributed by atoms with Gasteiger partial charge in [-0.2, -0.15) is 0 Å². The van der Waals surface area contributed by atoms with Gasteiger partial charge in [-0.05, 0) is 24.1 Å². The fourth-order valence-electron chi connectivity index (χ4n) is 2.93. The number of rotatable bonds is 4. The molecule has 0 unspecified atom stereocenters. The van der Waals surface area contributed by atoms with Crippen LogP contribution in [0.5, 0.6) is 0 Å². The summed E-state index contributed by atoms with van der Waals surface area (Å²) in [6.45, 7) is 0.954. The molecule has 2 aromatic heterocycles. The molecule has 0 aliphatic rings. The van der Waals surface area contributed by atoms with Crippen LogP contribution in [0.2, 0.25) is 0 Å². The molecular weight excluding hydrogens is 418 g/mol. The van der Waals surface area contributed by atoms with Gasteiger partial charge in [-0.3, -0.25) is 4.40 Å². The Morgan fingerprint density at radius 3 is 2.48 bits per heavy atom. The lowest BCUT2D eigenvalue weighted by molar-refractivity contribution is 0.708. The number of hydrogen-bond acceptors (Lipinski definition) is 1. The third-order valence-corrected chi connectivity index (χ3v) is 4.51. The zero-order valence-electron chi connectivity index (χ0n) is 12.5. The standard InChI is InChI=1S/C18H16BrN3.BrH/c19-11-6-12-21-17(14-7-2-1-3-8-14)13-22-16-10-5-4-9-15(16)20-18(21)22;/h1-5,7-10,13H,6,11-12H2;1H. The summed E-state index contributed by atoms with van der Waals surface area (Å²) in [5.41, 5.74) is 4.65. The molecule has 2 heterocycles. The average Bonchev–Trinajstić information content (AvgIpc) is 3.10. The minimum absolute atomic E-state index is 0. The smallest absolute Gasteiger partial charge is 0.215 e. The summed E-state index contributed by atoms with van der Waals surface area (Å²) >= 11 is 3.53. The highest BCUT2D eigenvalue weighted by molar-refractivity contribution is 9.09. The molecule has 0 spiro atoms. The minimum atomic E-state index is 0. The van der Waals surface area contributed by atoms with Crippen LogP contribution < -0.4 is 0 Å². The van der Waals surface area contributed by atoms with Crippen LogP contribution in [0.4, 0.5) is 0 Å². The highest BCUT2D eigenvalue weighted by atomic mass is 79.9. The number of para-hydroxylation sites is 2. The lowest BCUT2D eigenvalue weighted by atomic mass is 10.1. The molecule has 0 radical (unpaired) electrons. The van der Waals surface area contributed by atoms with Gasteiger partial charge in [-0.1, -0.05) is 58.4 Å². The van der Waals surface area contributed by atoms with Crippen molar-refractivity contribution in [2.45, 2.75) is 13.0 Å². The summed E-state index contributed by atoms with van der Waals surface area (Å²) in [6, 6.07) is 18.8. The molecule has 0 saturated heterocycles. The molecule has 0 bridgehead atoms. The van der Waals surface area contributed by atoms with Crippen LogP contribution >= 0.6 is 32.9 Å². The molecule has 4 aromatic rings. The van der Waals surface area contributed by atoms with Crippen molar-refractivity contribution in [2.75, 3.05) is 5.33 Å². The Morgan fingerprint density at radius 1 is 0.957 bits per heavy atom. The van der Waals surface area contributed by atoms with Crippen molar-refractivity contribution in [1.29, 1.82) is 0 Å². The summed E-state index contributed by atoms with van der Waals surface area (Å²) in [7, 11) is 0. The summed E-state index contributed by atoms with van der Waals surface area (Å²) in [5, 5.41) is 0.992. The maximum Gasteiger partial charge on any atom is 0.215 e. The van der Waals surface area contributed by atoms with Gasteiger partial charge in [0.15, 0.2) is 0 Å². The summed E-state index contributed by atoms with van der Waals surface area (Å²) in [5.74, 6) is 1.01. The van der Waals surface area contributed by atoms with Gasteiger partial charge in [0.1, 0.15) is 0 Å². The van der Waals surface area contributed by atoms with Gasteiger partial charge in [-0.15, -0.1) is 17.0 Å². The molecule has 0 aliphatic heterocycles. The van der Waals surface area contributed by atoms with E-state index in [1.54, 1.807) is 0 Å². The number of halogens is 2. The molecule has 0 amide bonds. The Kier molecular flexibility index (Phi) is 4.87. The number of fused-ring (bicyclic) bond motifs is 3. The van der Waals surface area contributed by atoms with Crippen LogP contribution in [-0.4, -0.2) is 19.3 Å². The summed E-state index contributed by atoms with van der Waals surface area (Å²) < 4.78 is 4.52. The van der Waals surface area contributed by atoms with E-state index in [4.69, 9.17) is 4.98 Å². The first-order valence-corrected chi connectivity index (χ1v) is 8.58. The first-order chi connectivity index (χ1) is 10.9. The zero-order chi connectivity index (χ0) is 14.9. The lowest BCUT2D eigenvalue weighted by Crippen LogP contribution is -2.01. The second-order valence-electron chi connectivity index (χ2n) is 5.35. The van der Waals surface area contributed by atoms with E-state index < -0.39 is 0 Å². The number of alkyl halides is 1. The molecule has 118 valence electrons. The Labute approximate surface area is 153 Å². The first-order valence-electron chi connectivity index (χ1n) is 7.46. The van der Waals surface area contributed by atoms with E-state index in [1.165, 1.54) is 11.3 Å². The van der Waals surface area contributed by atoms with Crippen LogP contribution in [0.15, 0.2) is 60.8 Å². The Balaban J connectivity index is 0.00000156. The van der Waals surface area contributed by atoms with Crippen LogP contribution in [0.3, 0.4) is 0 Å². The molecular formula is C18H17Br2N3. The second-order valence-corrected chi connectivity index (χ2v) is 6.14. The van der Waals surface area contributed by atoms with Crippen molar-refractivity contribution >= 4 is 49.7 Å². The van der Waals surface area contributed by atoms with Crippen LogP contribution in [0, 0.1) is 0 Å². The van der Waals surface area contributed by atoms with Crippen molar-refractivity contribution in [2.24, 2.45) is 0 Å². The Bertz CT molecular complexity index is 925. The van der Waals surface area contributed by atoms with Gasteiger partial charge >= 0.3 is 0 Å². The Hall–Kier alpha value is -1.59. The monoisotopic (exact) mass is 433 g/mol. The van der Waals surface area contributed by atoms with Crippen LogP contribution in [0.25, 0.3) is 28.1 Å². The zero-order valence-corrected chi connectivity index (χ0v) is 15.8. The molecule has 4 rings (SSSR count). The summed E-state index contributed by atoms with van der Waals surface area (Å²) in [4.78, 5) is 4.82. The topological polar surface area (TPSA) is 22.2 Å². The Morgan fingerprint density at radius 2 is 1.70 bits per heavy atom. The fourth-order valence-corrected chi connectivity index (χ4v) is 3.18. The number of imidazole rings is 2. The molecule has 2 aromatic carbocycles. The van der Waals surface area contributed by atoms with Gasteiger partial charge in [-0.25, -0.2) is 4.98 Å². The van der Waals surface area contributed by atoms with Gasteiger partial charge in [0.25, 0.3) is 0 Å². The van der Waals surface area contributed by atoms with E-state index in [2.05, 4.69) is 79.6 Å². The van der Waals surface area contributed by atoms with Crippen molar-refractivity contribution < 1.29 is 0 Å². The van der Waals surface area contributed by atoms with E-state index in [0.29, 0.717) is 0 Å². The quantitative estimate of drug-likeness (QED) is 0.398. The number of benzene rings is 2. The molecule has 3 nitrogen and oxygen atoms in total. The lowest BCUT2D eigenvalue weighted by Gasteiger charge is -2.07. The molecule has 0 N–H and O–H groups in total. The normalized spacial score (nSPS) is 11.0. The van der Waals surface area contributed by atoms with E-state index in [-0.39, 0.29) is 17.0 Å². The number of aryl methyl sites for hydroxylation is 1. The molecule has 23 heavy (non-hydrogen) atoms. The number of aromatic nitrogens is 3. The minimum Gasteiger partial charge on any atom is -0.310 e. The molecule has 0 atom stereocenters. The van der Waals surface area contributed by atoms with Crippen molar-refractivity contribution in [3.8, 4) is 11.3 Å². The highest BCUT2D eigenvalue weighted by Crippen LogP contribution is 2.26. The third-order valence-electron chi connectivity index (χ3n) is 3.95. The molecule has 5 heteroatoms. The fraction of sp³-hybridized carbons (Fsp3) is 0.167. The van der Waals surface area contributed by atoms with Crippen molar-refractivity contribution in [1.82, 2.24) is 14.0 Å². The summed E-state index contributed by atoms with van der Waals surface area (Å²) in [6.07, 6.45) is 3.28. The maximum absolute atomic E-state index is 4.82. The number of nitrogens with zero attached hydrogens (tertiary/aromatic N) is 3. The van der Waals surface area contributed by atoms with Gasteiger partial charge in [0, 0.05) is 18.1 Å².